The molecule has 0 aliphatic heterocycles. The van der Waals surface area contributed by atoms with Crippen LogP contribution in [0, 0.1) is 5.92 Å². The predicted molar refractivity (Wildman–Crippen MR) is 60.2 cm³/mol. The van der Waals surface area contributed by atoms with Crippen LogP contribution in [0.15, 0.2) is 0 Å². The first-order chi connectivity index (χ1) is 7.52. The minimum absolute atomic E-state index is 0.0124. The van der Waals surface area contributed by atoms with Gasteiger partial charge in [0.15, 0.2) is 0 Å². The van der Waals surface area contributed by atoms with Gasteiger partial charge < -0.3 is 15.7 Å². The second-order valence-corrected chi connectivity index (χ2v) is 4.52. The van der Waals surface area contributed by atoms with Crippen molar-refractivity contribution in [2.75, 3.05) is 0 Å². The maximum atomic E-state index is 11.5. The van der Waals surface area contributed by atoms with Gasteiger partial charge in [0.05, 0.1) is 6.42 Å². The SMILES string of the molecule is CCCC(CC(=O)O)NC(=O)NC1CC1C. The normalized spacial score (nSPS) is 24.6. The standard InChI is InChI=1S/C11H20N2O3/c1-3-4-8(6-10(14)15)12-11(16)13-9-5-7(9)2/h7-9H,3-6H2,1-2H3,(H,14,15)(H2,12,13,16). The molecule has 3 unspecified atom stereocenters. The highest BCUT2D eigenvalue weighted by molar-refractivity contribution is 5.76. The molecule has 5 nitrogen and oxygen atoms in total. The molecule has 0 spiro atoms. The molecule has 1 aliphatic rings. The van der Waals surface area contributed by atoms with Gasteiger partial charge in [-0.15, -0.1) is 0 Å². The molecule has 1 fully saturated rings. The van der Waals surface area contributed by atoms with E-state index in [1.807, 2.05) is 6.92 Å². The van der Waals surface area contributed by atoms with Crippen LogP contribution >= 0.6 is 0 Å². The zero-order valence-corrected chi connectivity index (χ0v) is 9.82. The van der Waals surface area contributed by atoms with E-state index < -0.39 is 5.97 Å². The van der Waals surface area contributed by atoms with Crippen molar-refractivity contribution < 1.29 is 14.7 Å². The van der Waals surface area contributed by atoms with Crippen LogP contribution in [-0.4, -0.2) is 29.2 Å². The summed E-state index contributed by atoms with van der Waals surface area (Å²) in [6.07, 6.45) is 2.56. The summed E-state index contributed by atoms with van der Waals surface area (Å²) < 4.78 is 0. The first kappa shape index (κ1) is 12.8. The fourth-order valence-electron chi connectivity index (χ4n) is 1.70. The van der Waals surface area contributed by atoms with Crippen LogP contribution in [0.2, 0.25) is 0 Å². The fourth-order valence-corrected chi connectivity index (χ4v) is 1.70. The molecular weight excluding hydrogens is 208 g/mol. The van der Waals surface area contributed by atoms with Gasteiger partial charge in [-0.05, 0) is 18.8 Å². The second-order valence-electron chi connectivity index (χ2n) is 4.52. The molecule has 1 rings (SSSR count). The van der Waals surface area contributed by atoms with Gasteiger partial charge in [0.1, 0.15) is 0 Å². The van der Waals surface area contributed by atoms with E-state index in [1.165, 1.54) is 0 Å². The van der Waals surface area contributed by atoms with Crippen LogP contribution in [0.4, 0.5) is 4.79 Å². The largest absolute Gasteiger partial charge is 0.481 e. The molecular formula is C11H20N2O3. The molecule has 1 saturated carbocycles. The summed E-state index contributed by atoms with van der Waals surface area (Å²) in [6, 6.07) is -0.238. The zero-order chi connectivity index (χ0) is 12.1. The molecule has 5 heteroatoms. The Morgan fingerprint density at radius 1 is 1.50 bits per heavy atom. The number of hydrogen-bond donors (Lipinski definition) is 3. The Kier molecular flexibility index (Phi) is 4.58. The number of urea groups is 1. The number of carboxylic acid groups (broad SMARTS) is 1. The molecule has 3 atom stereocenters. The van der Waals surface area contributed by atoms with Crippen LogP contribution in [0.25, 0.3) is 0 Å². The lowest BCUT2D eigenvalue weighted by atomic mass is 10.1. The zero-order valence-electron chi connectivity index (χ0n) is 9.82. The summed E-state index contributed by atoms with van der Waals surface area (Å²) in [5.74, 6) is -0.326. The number of carboxylic acids is 1. The van der Waals surface area contributed by atoms with Gasteiger partial charge in [-0.3, -0.25) is 4.79 Å². The average Bonchev–Trinajstić information content (AvgIpc) is 2.80. The summed E-state index contributed by atoms with van der Waals surface area (Å²) in [6.45, 7) is 4.04. The van der Waals surface area contributed by atoms with Gasteiger partial charge in [-0.25, -0.2) is 4.79 Å². The van der Waals surface area contributed by atoms with Crippen molar-refractivity contribution in [2.45, 2.75) is 51.6 Å². The van der Waals surface area contributed by atoms with Crippen LogP contribution in [-0.2, 0) is 4.79 Å². The van der Waals surface area contributed by atoms with Crippen molar-refractivity contribution in [1.29, 1.82) is 0 Å². The molecule has 0 aromatic rings. The maximum Gasteiger partial charge on any atom is 0.315 e. The minimum atomic E-state index is -0.876. The quantitative estimate of drug-likeness (QED) is 0.642. The topological polar surface area (TPSA) is 78.4 Å². The molecule has 0 aromatic carbocycles. The summed E-state index contributed by atoms with van der Waals surface area (Å²) in [5.41, 5.74) is 0. The van der Waals surface area contributed by atoms with Gasteiger partial charge in [0.25, 0.3) is 0 Å². The number of carbonyl (C=O) groups is 2. The van der Waals surface area contributed by atoms with E-state index in [2.05, 4.69) is 17.6 Å². The maximum absolute atomic E-state index is 11.5. The number of hydrogen-bond acceptors (Lipinski definition) is 2. The highest BCUT2D eigenvalue weighted by Crippen LogP contribution is 2.28. The lowest BCUT2D eigenvalue weighted by molar-refractivity contribution is -0.137. The highest BCUT2D eigenvalue weighted by atomic mass is 16.4. The van der Waals surface area contributed by atoms with Gasteiger partial charge in [0.2, 0.25) is 0 Å². The number of nitrogens with one attached hydrogen (secondary N) is 2. The fraction of sp³-hybridized carbons (Fsp3) is 0.818. The molecule has 16 heavy (non-hydrogen) atoms. The van der Waals surface area contributed by atoms with Gasteiger partial charge in [-0.2, -0.15) is 0 Å². The summed E-state index contributed by atoms with van der Waals surface area (Å²) in [4.78, 5) is 22.1. The lowest BCUT2D eigenvalue weighted by Crippen LogP contribution is -2.44. The Morgan fingerprint density at radius 2 is 2.12 bits per heavy atom. The van der Waals surface area contributed by atoms with Crippen LogP contribution in [0.1, 0.15) is 39.5 Å². The van der Waals surface area contributed by atoms with Crippen molar-refractivity contribution in [1.82, 2.24) is 10.6 Å². The number of aliphatic carboxylic acids is 1. The Bertz CT molecular complexity index is 268. The van der Waals surface area contributed by atoms with Gasteiger partial charge >= 0.3 is 12.0 Å². The summed E-state index contributed by atoms with van der Waals surface area (Å²) in [5, 5.41) is 14.2. The second kappa shape index (κ2) is 5.72. The predicted octanol–water partition coefficient (Wildman–Crippen LogP) is 1.34. The number of rotatable bonds is 6. The Labute approximate surface area is 95.6 Å². The Hall–Kier alpha value is -1.26. The van der Waals surface area contributed by atoms with E-state index >= 15 is 0 Å². The molecule has 0 bridgehead atoms. The smallest absolute Gasteiger partial charge is 0.315 e. The molecule has 3 N–H and O–H groups in total. The average molecular weight is 228 g/mol. The lowest BCUT2D eigenvalue weighted by Gasteiger charge is -2.16. The van der Waals surface area contributed by atoms with E-state index in [0.29, 0.717) is 12.3 Å². The van der Waals surface area contributed by atoms with Gasteiger partial charge in [0, 0.05) is 12.1 Å². The third kappa shape index (κ3) is 4.51. The Morgan fingerprint density at radius 3 is 2.56 bits per heavy atom. The van der Waals surface area contributed by atoms with Crippen molar-refractivity contribution in [3.63, 3.8) is 0 Å². The third-order valence-electron chi connectivity index (χ3n) is 2.82. The molecule has 0 saturated heterocycles. The minimum Gasteiger partial charge on any atom is -0.481 e. The summed E-state index contributed by atoms with van der Waals surface area (Å²) >= 11 is 0. The Balaban J connectivity index is 2.28. The van der Waals surface area contributed by atoms with Crippen molar-refractivity contribution in [2.24, 2.45) is 5.92 Å². The van der Waals surface area contributed by atoms with Crippen LogP contribution in [0.5, 0.6) is 0 Å². The van der Waals surface area contributed by atoms with E-state index in [4.69, 9.17) is 5.11 Å². The molecule has 0 radical (unpaired) electrons. The van der Waals surface area contributed by atoms with Crippen molar-refractivity contribution in [3.8, 4) is 0 Å². The van der Waals surface area contributed by atoms with Crippen LogP contribution in [0.3, 0.4) is 0 Å². The molecule has 2 amide bonds. The van der Waals surface area contributed by atoms with Crippen LogP contribution < -0.4 is 10.6 Å². The number of amides is 2. The van der Waals surface area contributed by atoms with E-state index in [1.54, 1.807) is 0 Å². The molecule has 92 valence electrons. The third-order valence-corrected chi connectivity index (χ3v) is 2.82. The first-order valence-corrected chi connectivity index (χ1v) is 5.81. The molecule has 0 aromatic heterocycles. The molecule has 1 aliphatic carbocycles. The van der Waals surface area contributed by atoms with Gasteiger partial charge in [-0.1, -0.05) is 20.3 Å². The van der Waals surface area contributed by atoms with Crippen molar-refractivity contribution >= 4 is 12.0 Å². The van der Waals surface area contributed by atoms with E-state index in [9.17, 15) is 9.59 Å². The van der Waals surface area contributed by atoms with E-state index in [-0.39, 0.29) is 24.5 Å². The highest BCUT2D eigenvalue weighted by Gasteiger charge is 2.34. The van der Waals surface area contributed by atoms with E-state index in [0.717, 1.165) is 12.8 Å². The molecule has 0 heterocycles. The van der Waals surface area contributed by atoms with Crippen molar-refractivity contribution in [3.05, 3.63) is 0 Å². The number of carbonyl (C=O) groups excluding carboxylic acids is 1. The summed E-state index contributed by atoms with van der Waals surface area (Å²) in [7, 11) is 0. The first-order valence-electron chi connectivity index (χ1n) is 5.81. The monoisotopic (exact) mass is 228 g/mol.